The highest BCUT2D eigenvalue weighted by atomic mass is 32.2. The molecule has 2 aromatic heterocycles. The number of pyridine rings is 2. The van der Waals surface area contributed by atoms with Gasteiger partial charge in [-0.2, -0.15) is 16.8 Å². The summed E-state index contributed by atoms with van der Waals surface area (Å²) < 4.78 is 63.5. The van der Waals surface area contributed by atoms with Crippen LogP contribution >= 0.6 is 0 Å². The van der Waals surface area contributed by atoms with Crippen molar-refractivity contribution in [2.45, 2.75) is 9.79 Å². The molecule has 10 heteroatoms. The second-order valence-corrected chi connectivity index (χ2v) is 6.40. The van der Waals surface area contributed by atoms with E-state index in [-0.39, 0.29) is 11.4 Å². The van der Waals surface area contributed by atoms with Crippen molar-refractivity contribution >= 4 is 20.2 Å². The highest BCUT2D eigenvalue weighted by Gasteiger charge is 2.29. The van der Waals surface area contributed by atoms with Crippen molar-refractivity contribution in [3.8, 4) is 11.4 Å². The van der Waals surface area contributed by atoms with E-state index in [1.54, 1.807) is 6.07 Å². The van der Waals surface area contributed by atoms with Gasteiger partial charge in [0.25, 0.3) is 20.2 Å². The molecule has 2 aromatic rings. The minimum atomic E-state index is -4.94. The third-order valence-electron chi connectivity index (χ3n) is 2.31. The summed E-state index contributed by atoms with van der Waals surface area (Å²) in [5.41, 5.74) is -0.339. The summed E-state index contributed by atoms with van der Waals surface area (Å²) in [6.07, 6.45) is 2.33. The van der Waals surface area contributed by atoms with E-state index in [0.29, 0.717) is 0 Å². The fraction of sp³-hybridized carbons (Fsp3) is 0. The highest BCUT2D eigenvalue weighted by molar-refractivity contribution is 7.89. The summed E-state index contributed by atoms with van der Waals surface area (Å²) in [6, 6.07) is 5.23. The van der Waals surface area contributed by atoms with Gasteiger partial charge in [-0.3, -0.25) is 19.1 Å². The largest absolute Gasteiger partial charge is 0.298 e. The molecule has 0 aliphatic rings. The molecule has 0 aliphatic carbocycles. The Morgan fingerprint density at radius 3 is 2.05 bits per heavy atom. The number of rotatable bonds is 3. The van der Waals surface area contributed by atoms with E-state index in [4.69, 9.17) is 4.55 Å². The van der Waals surface area contributed by atoms with E-state index in [9.17, 15) is 21.4 Å². The standard InChI is InChI=1S/C10H8N2O6S2/c13-19(14,15)8-4-6-12-9(10(8)20(16,17)18)7-3-1-2-5-11-7/h1-6H,(H,13,14,15)(H,16,17,18). The van der Waals surface area contributed by atoms with Crippen LogP contribution in [-0.2, 0) is 20.2 Å². The maximum Gasteiger partial charge on any atom is 0.298 e. The molecule has 0 unspecified atom stereocenters. The molecular formula is C10H8N2O6S2. The van der Waals surface area contributed by atoms with E-state index in [1.165, 1.54) is 18.3 Å². The Morgan fingerprint density at radius 2 is 1.55 bits per heavy atom. The van der Waals surface area contributed by atoms with Crippen molar-refractivity contribution in [2.75, 3.05) is 0 Å². The summed E-state index contributed by atoms with van der Waals surface area (Å²) in [5.74, 6) is 0. The van der Waals surface area contributed by atoms with Crippen LogP contribution in [-0.4, -0.2) is 35.9 Å². The van der Waals surface area contributed by atoms with Crippen LogP contribution in [0.25, 0.3) is 11.4 Å². The Bertz CT molecular complexity index is 847. The molecule has 0 aromatic carbocycles. The number of hydrogen-bond donors (Lipinski definition) is 2. The van der Waals surface area contributed by atoms with Crippen molar-refractivity contribution in [3.63, 3.8) is 0 Å². The van der Waals surface area contributed by atoms with Crippen LogP contribution in [0.1, 0.15) is 0 Å². The highest BCUT2D eigenvalue weighted by Crippen LogP contribution is 2.29. The predicted molar refractivity (Wildman–Crippen MR) is 67.1 cm³/mol. The first-order chi connectivity index (χ1) is 9.21. The molecular weight excluding hydrogens is 308 g/mol. The molecule has 0 amide bonds. The fourth-order valence-electron chi connectivity index (χ4n) is 1.57. The lowest BCUT2D eigenvalue weighted by Gasteiger charge is -2.09. The lowest BCUT2D eigenvalue weighted by molar-refractivity contribution is 0.466. The average molecular weight is 316 g/mol. The van der Waals surface area contributed by atoms with Gasteiger partial charge in [0.1, 0.15) is 15.5 Å². The Balaban J connectivity index is 2.92. The normalized spacial score (nSPS) is 12.3. The molecule has 0 fully saturated rings. The molecule has 2 heterocycles. The Kier molecular flexibility index (Phi) is 3.56. The van der Waals surface area contributed by atoms with Gasteiger partial charge in [-0.1, -0.05) is 6.07 Å². The third-order valence-corrected chi connectivity index (χ3v) is 4.27. The van der Waals surface area contributed by atoms with Gasteiger partial charge in [0.05, 0.1) is 5.69 Å². The van der Waals surface area contributed by atoms with Gasteiger partial charge < -0.3 is 0 Å². The maximum atomic E-state index is 11.4. The van der Waals surface area contributed by atoms with Crippen LogP contribution in [0.4, 0.5) is 0 Å². The number of hydrogen-bond acceptors (Lipinski definition) is 6. The van der Waals surface area contributed by atoms with E-state index < -0.39 is 30.0 Å². The summed E-state index contributed by atoms with van der Waals surface area (Å²) >= 11 is 0. The Hall–Kier alpha value is -1.88. The van der Waals surface area contributed by atoms with Crippen molar-refractivity contribution in [1.29, 1.82) is 0 Å². The van der Waals surface area contributed by atoms with Crippen molar-refractivity contribution in [1.82, 2.24) is 9.97 Å². The van der Waals surface area contributed by atoms with E-state index in [1.807, 2.05) is 0 Å². The van der Waals surface area contributed by atoms with Gasteiger partial charge in [-0.15, -0.1) is 0 Å². The molecule has 0 bridgehead atoms. The summed E-state index contributed by atoms with van der Waals surface area (Å²) in [7, 11) is -9.79. The molecule has 0 radical (unpaired) electrons. The Morgan fingerprint density at radius 1 is 0.850 bits per heavy atom. The summed E-state index contributed by atoms with van der Waals surface area (Å²) in [4.78, 5) is 5.57. The molecule has 0 spiro atoms. The van der Waals surface area contributed by atoms with Crippen LogP contribution < -0.4 is 0 Å². The first-order valence-electron chi connectivity index (χ1n) is 5.06. The Labute approximate surface area is 114 Å². The van der Waals surface area contributed by atoms with Crippen molar-refractivity contribution in [2.24, 2.45) is 0 Å². The van der Waals surface area contributed by atoms with Crippen molar-refractivity contribution in [3.05, 3.63) is 36.7 Å². The van der Waals surface area contributed by atoms with Crippen LogP contribution in [0.3, 0.4) is 0 Å². The average Bonchev–Trinajstić information content (AvgIpc) is 2.37. The summed E-state index contributed by atoms with van der Waals surface area (Å²) in [5, 5.41) is 0. The monoisotopic (exact) mass is 316 g/mol. The smallest absolute Gasteiger partial charge is 0.282 e. The molecule has 8 nitrogen and oxygen atoms in total. The minimum Gasteiger partial charge on any atom is -0.282 e. The van der Waals surface area contributed by atoms with Crippen LogP contribution in [0.2, 0.25) is 0 Å². The van der Waals surface area contributed by atoms with Crippen LogP contribution in [0.5, 0.6) is 0 Å². The van der Waals surface area contributed by atoms with Crippen LogP contribution in [0.15, 0.2) is 46.5 Å². The number of nitrogens with zero attached hydrogens (tertiary/aromatic N) is 2. The molecule has 20 heavy (non-hydrogen) atoms. The maximum absolute atomic E-state index is 11.4. The third kappa shape index (κ3) is 2.82. The first kappa shape index (κ1) is 14.5. The predicted octanol–water partition coefficient (Wildman–Crippen LogP) is 0.637. The molecule has 0 atom stereocenters. The summed E-state index contributed by atoms with van der Waals surface area (Å²) in [6.45, 7) is 0. The van der Waals surface area contributed by atoms with Crippen molar-refractivity contribution < 1.29 is 25.9 Å². The lowest BCUT2D eigenvalue weighted by atomic mass is 10.2. The van der Waals surface area contributed by atoms with Gasteiger partial charge in [-0.25, -0.2) is 0 Å². The van der Waals surface area contributed by atoms with E-state index in [2.05, 4.69) is 9.97 Å². The number of aromatic nitrogens is 2. The van der Waals surface area contributed by atoms with E-state index in [0.717, 1.165) is 12.3 Å². The minimum absolute atomic E-state index is 0.0330. The molecule has 0 saturated heterocycles. The zero-order chi connectivity index (χ0) is 15.0. The second-order valence-electron chi connectivity index (χ2n) is 3.65. The molecule has 2 rings (SSSR count). The van der Waals surface area contributed by atoms with Gasteiger partial charge in [-0.05, 0) is 18.2 Å². The zero-order valence-corrected chi connectivity index (χ0v) is 11.3. The van der Waals surface area contributed by atoms with Gasteiger partial charge >= 0.3 is 0 Å². The molecule has 2 N–H and O–H groups in total. The molecule has 106 valence electrons. The zero-order valence-electron chi connectivity index (χ0n) is 9.70. The lowest BCUT2D eigenvalue weighted by Crippen LogP contribution is -2.11. The fourth-order valence-corrected chi connectivity index (χ4v) is 3.49. The van der Waals surface area contributed by atoms with Crippen LogP contribution in [0, 0.1) is 0 Å². The van der Waals surface area contributed by atoms with Gasteiger partial charge in [0.15, 0.2) is 0 Å². The topological polar surface area (TPSA) is 135 Å². The van der Waals surface area contributed by atoms with Gasteiger partial charge in [0, 0.05) is 12.4 Å². The quantitative estimate of drug-likeness (QED) is 0.787. The molecule has 0 saturated carbocycles. The first-order valence-corrected chi connectivity index (χ1v) is 7.94. The van der Waals surface area contributed by atoms with Gasteiger partial charge in [0.2, 0.25) is 0 Å². The SMILES string of the molecule is O=S(=O)(O)c1ccnc(-c2ccccn2)c1S(=O)(=O)O. The van der Waals surface area contributed by atoms with E-state index >= 15 is 0 Å². The second kappa shape index (κ2) is 4.90. The molecule has 0 aliphatic heterocycles.